The summed E-state index contributed by atoms with van der Waals surface area (Å²) < 4.78 is 40.8. The maximum absolute atomic E-state index is 13.9. The van der Waals surface area contributed by atoms with Crippen LogP contribution in [0.5, 0.6) is 0 Å². The summed E-state index contributed by atoms with van der Waals surface area (Å²) in [4.78, 5) is 26.6. The molecule has 1 aliphatic rings. The molecule has 0 bridgehead atoms. The molecule has 2 aromatic carbocycles. The molecule has 1 aliphatic heterocycles. The standard InChI is InChI=1S/C22H20F3N3O2/c1-13(15-4-2-14(12-26)3-5-15)27-22(30)28-8-6-16(7-9-28)21(29)20-18(24)10-17(23)11-19(20)25/h2-5,10-11,13,16H,6-9H2,1H3,(H,27,30). The van der Waals surface area contributed by atoms with Crippen LogP contribution in [0.3, 0.4) is 0 Å². The summed E-state index contributed by atoms with van der Waals surface area (Å²) in [6, 6.07) is 9.28. The first-order chi connectivity index (χ1) is 14.3. The minimum Gasteiger partial charge on any atom is -0.331 e. The van der Waals surface area contributed by atoms with Crippen molar-refractivity contribution in [1.82, 2.24) is 10.2 Å². The number of ketones is 1. The number of nitriles is 1. The smallest absolute Gasteiger partial charge is 0.317 e. The number of benzene rings is 2. The van der Waals surface area contributed by atoms with Crippen molar-refractivity contribution < 1.29 is 22.8 Å². The van der Waals surface area contributed by atoms with Gasteiger partial charge in [0.2, 0.25) is 0 Å². The number of piperidine rings is 1. The summed E-state index contributed by atoms with van der Waals surface area (Å²) in [6.45, 7) is 2.33. The fourth-order valence-electron chi connectivity index (χ4n) is 3.53. The Balaban J connectivity index is 1.57. The van der Waals surface area contributed by atoms with E-state index in [0.29, 0.717) is 17.7 Å². The van der Waals surface area contributed by atoms with Gasteiger partial charge in [-0.1, -0.05) is 12.1 Å². The first-order valence-corrected chi connectivity index (χ1v) is 9.54. The van der Waals surface area contributed by atoms with Crippen molar-refractivity contribution in [2.45, 2.75) is 25.8 Å². The van der Waals surface area contributed by atoms with Crippen LogP contribution in [0.2, 0.25) is 0 Å². The van der Waals surface area contributed by atoms with Crippen molar-refractivity contribution in [2.24, 2.45) is 5.92 Å². The molecule has 1 heterocycles. The number of carbonyl (C=O) groups excluding carboxylic acids is 2. The van der Waals surface area contributed by atoms with Gasteiger partial charge in [-0.15, -0.1) is 0 Å². The molecule has 1 saturated heterocycles. The van der Waals surface area contributed by atoms with Crippen LogP contribution in [0.4, 0.5) is 18.0 Å². The number of rotatable bonds is 4. The maximum atomic E-state index is 13.9. The number of likely N-dealkylation sites (tertiary alicyclic amines) is 1. The Morgan fingerprint density at radius 1 is 1.10 bits per heavy atom. The number of carbonyl (C=O) groups is 2. The summed E-state index contributed by atoms with van der Waals surface area (Å²) in [6.07, 6.45) is 0.515. The Morgan fingerprint density at radius 3 is 2.20 bits per heavy atom. The minimum atomic E-state index is -1.21. The lowest BCUT2D eigenvalue weighted by atomic mass is 9.88. The number of Topliss-reactive ketones (excluding diaryl/α,β-unsaturated/α-hetero) is 1. The number of hydrogen-bond donors (Lipinski definition) is 1. The predicted octanol–water partition coefficient (Wildman–Crippen LogP) is 4.34. The quantitative estimate of drug-likeness (QED) is 0.755. The van der Waals surface area contributed by atoms with Gasteiger partial charge in [0.1, 0.15) is 17.5 Å². The van der Waals surface area contributed by atoms with E-state index < -0.39 is 34.7 Å². The van der Waals surface area contributed by atoms with Gasteiger partial charge in [-0.05, 0) is 37.5 Å². The summed E-state index contributed by atoms with van der Waals surface area (Å²) >= 11 is 0. The molecular weight excluding hydrogens is 395 g/mol. The van der Waals surface area contributed by atoms with Gasteiger partial charge in [0.25, 0.3) is 0 Å². The van der Waals surface area contributed by atoms with E-state index in [1.54, 1.807) is 29.2 Å². The molecular formula is C22H20F3N3O2. The van der Waals surface area contributed by atoms with Crippen LogP contribution in [0.1, 0.15) is 47.3 Å². The molecule has 1 fully saturated rings. The summed E-state index contributed by atoms with van der Waals surface area (Å²) in [7, 11) is 0. The van der Waals surface area contributed by atoms with Crippen molar-refractivity contribution in [1.29, 1.82) is 5.26 Å². The van der Waals surface area contributed by atoms with Crippen molar-refractivity contribution >= 4 is 11.8 Å². The van der Waals surface area contributed by atoms with Gasteiger partial charge in [-0.2, -0.15) is 5.26 Å². The van der Waals surface area contributed by atoms with Crippen LogP contribution in [0.15, 0.2) is 36.4 Å². The molecule has 5 nitrogen and oxygen atoms in total. The highest BCUT2D eigenvalue weighted by Crippen LogP contribution is 2.26. The first kappa shape index (κ1) is 21.4. The number of urea groups is 1. The number of halogens is 3. The second-order valence-electron chi connectivity index (χ2n) is 7.27. The van der Waals surface area contributed by atoms with E-state index in [1.807, 2.05) is 13.0 Å². The molecule has 0 saturated carbocycles. The van der Waals surface area contributed by atoms with Crippen LogP contribution in [-0.4, -0.2) is 29.8 Å². The Morgan fingerprint density at radius 2 is 1.67 bits per heavy atom. The highest BCUT2D eigenvalue weighted by molar-refractivity contribution is 5.98. The van der Waals surface area contributed by atoms with Gasteiger partial charge in [-0.3, -0.25) is 4.79 Å². The molecule has 1 unspecified atom stereocenters. The predicted molar refractivity (Wildman–Crippen MR) is 103 cm³/mol. The highest BCUT2D eigenvalue weighted by atomic mass is 19.1. The number of amides is 2. The van der Waals surface area contributed by atoms with Gasteiger partial charge >= 0.3 is 6.03 Å². The Labute approximate surface area is 172 Å². The molecule has 8 heteroatoms. The van der Waals surface area contributed by atoms with Crippen LogP contribution in [0.25, 0.3) is 0 Å². The van der Waals surface area contributed by atoms with Gasteiger partial charge in [0.05, 0.1) is 23.2 Å². The number of hydrogen-bond acceptors (Lipinski definition) is 3. The van der Waals surface area contributed by atoms with E-state index in [-0.39, 0.29) is 38.0 Å². The van der Waals surface area contributed by atoms with E-state index in [2.05, 4.69) is 5.32 Å². The second-order valence-corrected chi connectivity index (χ2v) is 7.27. The highest BCUT2D eigenvalue weighted by Gasteiger charge is 2.31. The average Bonchev–Trinajstić information content (AvgIpc) is 2.73. The van der Waals surface area contributed by atoms with E-state index in [0.717, 1.165) is 5.56 Å². The van der Waals surface area contributed by atoms with Crippen molar-refractivity contribution in [3.63, 3.8) is 0 Å². The van der Waals surface area contributed by atoms with Crippen LogP contribution < -0.4 is 5.32 Å². The molecule has 0 aliphatic carbocycles. The third kappa shape index (κ3) is 4.62. The number of nitrogens with one attached hydrogen (secondary N) is 1. The Hall–Kier alpha value is -3.34. The molecule has 3 rings (SSSR count). The molecule has 156 valence electrons. The minimum absolute atomic E-state index is 0.257. The number of nitrogens with zero attached hydrogens (tertiary/aromatic N) is 2. The molecule has 0 spiro atoms. The van der Waals surface area contributed by atoms with Gasteiger partial charge in [0.15, 0.2) is 5.78 Å². The van der Waals surface area contributed by atoms with E-state index in [9.17, 15) is 22.8 Å². The van der Waals surface area contributed by atoms with E-state index in [1.165, 1.54) is 0 Å². The van der Waals surface area contributed by atoms with Crippen molar-refractivity contribution in [3.05, 3.63) is 70.5 Å². The SMILES string of the molecule is CC(NC(=O)N1CCC(C(=O)c2c(F)cc(F)cc2F)CC1)c1ccc(C#N)cc1. The normalized spacial score (nSPS) is 15.4. The monoisotopic (exact) mass is 415 g/mol. The average molecular weight is 415 g/mol. The first-order valence-electron chi connectivity index (χ1n) is 9.54. The van der Waals surface area contributed by atoms with Crippen molar-refractivity contribution in [3.8, 4) is 6.07 Å². The lowest BCUT2D eigenvalue weighted by Crippen LogP contribution is -2.46. The fraction of sp³-hybridized carbons (Fsp3) is 0.318. The second kappa shape index (κ2) is 8.99. The zero-order valence-electron chi connectivity index (χ0n) is 16.3. The molecule has 0 radical (unpaired) electrons. The lowest BCUT2D eigenvalue weighted by molar-refractivity contribution is 0.0844. The van der Waals surface area contributed by atoms with Crippen LogP contribution in [-0.2, 0) is 0 Å². The summed E-state index contributed by atoms with van der Waals surface area (Å²) in [5, 5.41) is 11.7. The molecule has 1 N–H and O–H groups in total. The summed E-state index contributed by atoms with van der Waals surface area (Å²) in [5.41, 5.74) is 0.640. The van der Waals surface area contributed by atoms with E-state index >= 15 is 0 Å². The Kier molecular flexibility index (Phi) is 6.40. The van der Waals surface area contributed by atoms with Crippen molar-refractivity contribution in [2.75, 3.05) is 13.1 Å². The molecule has 30 heavy (non-hydrogen) atoms. The van der Waals surface area contributed by atoms with Gasteiger partial charge < -0.3 is 10.2 Å². The topological polar surface area (TPSA) is 73.2 Å². The van der Waals surface area contributed by atoms with Gasteiger partial charge in [-0.25, -0.2) is 18.0 Å². The largest absolute Gasteiger partial charge is 0.331 e. The zero-order valence-corrected chi connectivity index (χ0v) is 16.3. The van der Waals surface area contributed by atoms with Gasteiger partial charge in [0, 0.05) is 31.1 Å². The lowest BCUT2D eigenvalue weighted by Gasteiger charge is -2.32. The maximum Gasteiger partial charge on any atom is 0.317 e. The Bertz CT molecular complexity index is 971. The van der Waals surface area contributed by atoms with E-state index in [4.69, 9.17) is 5.26 Å². The van der Waals surface area contributed by atoms with Crippen LogP contribution in [0, 0.1) is 34.7 Å². The molecule has 2 amide bonds. The fourth-order valence-corrected chi connectivity index (χ4v) is 3.53. The molecule has 1 atom stereocenters. The third-order valence-electron chi connectivity index (χ3n) is 5.29. The van der Waals surface area contributed by atoms with Crippen LogP contribution >= 0.6 is 0 Å². The molecule has 0 aromatic heterocycles. The summed E-state index contributed by atoms with van der Waals surface area (Å²) in [5.74, 6) is -4.86. The zero-order chi connectivity index (χ0) is 21.8. The third-order valence-corrected chi connectivity index (χ3v) is 5.29. The molecule has 2 aromatic rings.